The van der Waals surface area contributed by atoms with Crippen molar-refractivity contribution in [1.82, 2.24) is 4.72 Å². The molecule has 2 aromatic rings. The Kier molecular flexibility index (Phi) is 7.42. The Labute approximate surface area is 161 Å². The highest BCUT2D eigenvalue weighted by molar-refractivity contribution is 7.92. The predicted molar refractivity (Wildman–Crippen MR) is 101 cm³/mol. The van der Waals surface area contributed by atoms with E-state index < -0.39 is 40.7 Å². The molecule has 0 radical (unpaired) electrons. The predicted octanol–water partition coefficient (Wildman–Crippen LogP) is 2.15. The monoisotopic (exact) mass is 407 g/mol. The molecule has 1 N–H and O–H groups in total. The molecule has 0 aliphatic rings. The lowest BCUT2D eigenvalue weighted by molar-refractivity contribution is -0.141. The fourth-order valence-electron chi connectivity index (χ4n) is 2.06. The molecule has 0 heterocycles. The van der Waals surface area contributed by atoms with Gasteiger partial charge in [-0.25, -0.2) is 17.5 Å². The Morgan fingerprint density at radius 2 is 1.86 bits per heavy atom. The number of carbonyl (C=O) groups excluding carboxylic acids is 2. The van der Waals surface area contributed by atoms with Crippen molar-refractivity contribution < 1.29 is 31.9 Å². The highest BCUT2D eigenvalue weighted by atomic mass is 32.2. The second kappa shape index (κ2) is 9.77. The van der Waals surface area contributed by atoms with Crippen LogP contribution in [0.5, 0.6) is 5.75 Å². The van der Waals surface area contributed by atoms with Gasteiger partial charge in [0.2, 0.25) is 10.0 Å². The van der Waals surface area contributed by atoms with Gasteiger partial charge in [-0.05, 0) is 29.8 Å². The van der Waals surface area contributed by atoms with Crippen molar-refractivity contribution in [1.29, 1.82) is 0 Å². The summed E-state index contributed by atoms with van der Waals surface area (Å²) >= 11 is 0. The molecule has 2 rings (SSSR count). The van der Waals surface area contributed by atoms with E-state index in [9.17, 15) is 22.4 Å². The number of nitrogens with one attached hydrogen (secondary N) is 1. The Morgan fingerprint density at radius 1 is 1.14 bits per heavy atom. The zero-order valence-corrected chi connectivity index (χ0v) is 15.7. The molecule has 0 unspecified atom stereocenters. The molecular weight excluding hydrogens is 389 g/mol. The van der Waals surface area contributed by atoms with Crippen molar-refractivity contribution in [2.75, 3.05) is 20.3 Å². The summed E-state index contributed by atoms with van der Waals surface area (Å²) in [6, 6.07) is 12.3. The zero-order chi connectivity index (χ0) is 20.6. The molecule has 0 aromatic heterocycles. The largest absolute Gasteiger partial charge is 0.494 e. The van der Waals surface area contributed by atoms with Crippen LogP contribution < -0.4 is 9.46 Å². The molecule has 0 fully saturated rings. The fraction of sp³-hybridized carbons (Fsp3) is 0.158. The van der Waals surface area contributed by atoms with Gasteiger partial charge < -0.3 is 9.47 Å². The number of rotatable bonds is 9. The van der Waals surface area contributed by atoms with E-state index >= 15 is 0 Å². The van der Waals surface area contributed by atoms with Crippen molar-refractivity contribution in [3.05, 3.63) is 70.9 Å². The SMILES string of the molecule is COc1ccc(C(=O)COC(=O)CNS(=O)(=O)/C=C/c2ccccc2)cc1F. The summed E-state index contributed by atoms with van der Waals surface area (Å²) in [4.78, 5) is 23.6. The van der Waals surface area contributed by atoms with Crippen LogP contribution in [0.15, 0.2) is 53.9 Å². The molecule has 2 aromatic carbocycles. The van der Waals surface area contributed by atoms with Crippen molar-refractivity contribution in [2.24, 2.45) is 0 Å². The van der Waals surface area contributed by atoms with E-state index in [1.54, 1.807) is 30.3 Å². The molecular formula is C19H18FNO6S. The highest BCUT2D eigenvalue weighted by Gasteiger charge is 2.14. The number of halogens is 1. The van der Waals surface area contributed by atoms with Gasteiger partial charge in [0, 0.05) is 11.0 Å². The van der Waals surface area contributed by atoms with E-state index in [-0.39, 0.29) is 11.3 Å². The Morgan fingerprint density at radius 3 is 2.50 bits per heavy atom. The third kappa shape index (κ3) is 6.60. The lowest BCUT2D eigenvalue weighted by atomic mass is 10.1. The Bertz CT molecular complexity index is 973. The van der Waals surface area contributed by atoms with E-state index in [0.717, 1.165) is 11.5 Å². The smallest absolute Gasteiger partial charge is 0.321 e. The average Bonchev–Trinajstić information content (AvgIpc) is 2.70. The van der Waals surface area contributed by atoms with Crippen molar-refractivity contribution >= 4 is 27.9 Å². The molecule has 28 heavy (non-hydrogen) atoms. The van der Waals surface area contributed by atoms with Crippen LogP contribution in [0.4, 0.5) is 4.39 Å². The van der Waals surface area contributed by atoms with Gasteiger partial charge in [0.1, 0.15) is 6.54 Å². The summed E-state index contributed by atoms with van der Waals surface area (Å²) < 4.78 is 48.8. The first-order valence-electron chi connectivity index (χ1n) is 8.06. The topological polar surface area (TPSA) is 98.8 Å². The highest BCUT2D eigenvalue weighted by Crippen LogP contribution is 2.18. The normalized spacial score (nSPS) is 11.4. The van der Waals surface area contributed by atoms with Crippen LogP contribution in [0, 0.1) is 5.82 Å². The summed E-state index contributed by atoms with van der Waals surface area (Å²) in [6.07, 6.45) is 1.37. The van der Waals surface area contributed by atoms with E-state index in [1.165, 1.54) is 25.3 Å². The number of ketones is 1. The summed E-state index contributed by atoms with van der Waals surface area (Å²) in [5, 5.41) is 0.918. The number of esters is 1. The van der Waals surface area contributed by atoms with E-state index in [2.05, 4.69) is 0 Å². The van der Waals surface area contributed by atoms with Crippen LogP contribution in [0.25, 0.3) is 6.08 Å². The lowest BCUT2D eigenvalue weighted by Gasteiger charge is -2.06. The number of hydrogen-bond donors (Lipinski definition) is 1. The van der Waals surface area contributed by atoms with Crippen LogP contribution in [0.2, 0.25) is 0 Å². The first-order chi connectivity index (χ1) is 13.3. The van der Waals surface area contributed by atoms with Crippen LogP contribution in [-0.2, 0) is 19.6 Å². The van der Waals surface area contributed by atoms with Gasteiger partial charge in [-0.2, -0.15) is 0 Å². The maximum absolute atomic E-state index is 13.6. The maximum Gasteiger partial charge on any atom is 0.321 e. The molecule has 0 saturated heterocycles. The number of methoxy groups -OCH3 is 1. The molecule has 7 nitrogen and oxygen atoms in total. The number of sulfonamides is 1. The minimum Gasteiger partial charge on any atom is -0.494 e. The second-order valence-electron chi connectivity index (χ2n) is 5.51. The van der Waals surface area contributed by atoms with Crippen LogP contribution in [0.3, 0.4) is 0 Å². The lowest BCUT2D eigenvalue weighted by Crippen LogP contribution is -2.30. The third-order valence-corrected chi connectivity index (χ3v) is 4.54. The Balaban J connectivity index is 1.82. The van der Waals surface area contributed by atoms with Gasteiger partial charge in [-0.1, -0.05) is 30.3 Å². The van der Waals surface area contributed by atoms with Crippen LogP contribution in [-0.4, -0.2) is 40.4 Å². The van der Waals surface area contributed by atoms with Crippen molar-refractivity contribution in [3.8, 4) is 5.75 Å². The number of benzene rings is 2. The van der Waals surface area contributed by atoms with Gasteiger partial charge in [0.25, 0.3) is 0 Å². The number of carbonyl (C=O) groups is 2. The van der Waals surface area contributed by atoms with Crippen molar-refractivity contribution in [3.63, 3.8) is 0 Å². The first kappa shape index (κ1) is 21.3. The molecule has 0 atom stereocenters. The maximum atomic E-state index is 13.6. The molecule has 0 aliphatic heterocycles. The molecule has 0 spiro atoms. The summed E-state index contributed by atoms with van der Waals surface area (Å²) in [6.45, 7) is -1.29. The molecule has 0 aliphatic carbocycles. The number of ether oxygens (including phenoxy) is 2. The van der Waals surface area contributed by atoms with E-state index in [1.807, 2.05) is 4.72 Å². The fourth-order valence-corrected chi connectivity index (χ4v) is 2.81. The summed E-state index contributed by atoms with van der Waals surface area (Å²) in [5.74, 6) is -2.33. The third-order valence-electron chi connectivity index (χ3n) is 3.49. The quantitative estimate of drug-likeness (QED) is 0.505. The standard InChI is InChI=1S/C19H18FNO6S/c1-26-18-8-7-15(11-16(18)20)17(22)13-27-19(23)12-21-28(24,25)10-9-14-5-3-2-4-6-14/h2-11,21H,12-13H2,1H3/b10-9+. The number of Topliss-reactive ketones (excluding diaryl/α,β-unsaturated/α-hetero) is 1. The molecule has 0 saturated carbocycles. The van der Waals surface area contributed by atoms with E-state index in [0.29, 0.717) is 5.56 Å². The van der Waals surface area contributed by atoms with Crippen LogP contribution >= 0.6 is 0 Å². The first-order valence-corrected chi connectivity index (χ1v) is 9.60. The molecule has 0 bridgehead atoms. The number of hydrogen-bond acceptors (Lipinski definition) is 6. The average molecular weight is 407 g/mol. The van der Waals surface area contributed by atoms with Gasteiger partial charge >= 0.3 is 5.97 Å². The van der Waals surface area contributed by atoms with E-state index in [4.69, 9.17) is 9.47 Å². The van der Waals surface area contributed by atoms with Gasteiger partial charge in [-0.3, -0.25) is 9.59 Å². The summed E-state index contributed by atoms with van der Waals surface area (Å²) in [7, 11) is -2.57. The van der Waals surface area contributed by atoms with Gasteiger partial charge in [-0.15, -0.1) is 0 Å². The second-order valence-corrected chi connectivity index (χ2v) is 7.16. The molecule has 9 heteroatoms. The van der Waals surface area contributed by atoms with Crippen LogP contribution in [0.1, 0.15) is 15.9 Å². The minimum atomic E-state index is -3.86. The summed E-state index contributed by atoms with van der Waals surface area (Å²) in [5.41, 5.74) is 0.672. The minimum absolute atomic E-state index is 0.00234. The molecule has 0 amide bonds. The zero-order valence-electron chi connectivity index (χ0n) is 14.9. The van der Waals surface area contributed by atoms with Gasteiger partial charge in [0.05, 0.1) is 7.11 Å². The van der Waals surface area contributed by atoms with Gasteiger partial charge in [0.15, 0.2) is 24.0 Å². The van der Waals surface area contributed by atoms with Crippen molar-refractivity contribution in [2.45, 2.75) is 0 Å². The Hall–Kier alpha value is -3.04. The molecule has 148 valence electrons.